The molecule has 0 radical (unpaired) electrons. The first-order chi connectivity index (χ1) is 13.7. The Balaban J connectivity index is 1.53. The summed E-state index contributed by atoms with van der Waals surface area (Å²) >= 11 is 0. The Morgan fingerprint density at radius 3 is 2.86 bits per heavy atom. The maximum Gasteiger partial charge on any atom is 0.318 e. The number of nitrogens with one attached hydrogen (secondary N) is 1. The first-order valence-electron chi connectivity index (χ1n) is 9.28. The van der Waals surface area contributed by atoms with Crippen molar-refractivity contribution in [3.05, 3.63) is 41.5 Å². The van der Waals surface area contributed by atoms with Crippen molar-refractivity contribution < 1.29 is 23.5 Å². The van der Waals surface area contributed by atoms with Gasteiger partial charge in [0.25, 0.3) is 5.89 Å². The molecule has 0 saturated carbocycles. The van der Waals surface area contributed by atoms with Crippen LogP contribution >= 0.6 is 0 Å². The quantitative estimate of drug-likeness (QED) is 0.656. The first-order valence-corrected chi connectivity index (χ1v) is 9.28. The molecule has 28 heavy (non-hydrogen) atoms. The number of hydrogen-bond acceptors (Lipinski definition) is 7. The fourth-order valence-electron chi connectivity index (χ4n) is 3.06. The van der Waals surface area contributed by atoms with Crippen molar-refractivity contribution in [1.82, 2.24) is 20.4 Å². The SMILES string of the molecule is COCCOCc1nc(C2CCCN2C(=O)NCc2ccc(OC)cc2)no1. The van der Waals surface area contributed by atoms with Crippen LogP contribution in [0.3, 0.4) is 0 Å². The summed E-state index contributed by atoms with van der Waals surface area (Å²) in [4.78, 5) is 18.8. The molecule has 152 valence electrons. The van der Waals surface area contributed by atoms with E-state index in [0.29, 0.717) is 38.0 Å². The van der Waals surface area contributed by atoms with E-state index in [1.165, 1.54) is 0 Å². The lowest BCUT2D eigenvalue weighted by Crippen LogP contribution is -2.39. The average Bonchev–Trinajstić information content (AvgIpc) is 3.39. The third-order valence-corrected chi connectivity index (χ3v) is 4.56. The molecule has 9 heteroatoms. The number of urea groups is 1. The molecule has 1 aliphatic heterocycles. The van der Waals surface area contributed by atoms with Crippen LogP contribution in [0.4, 0.5) is 4.79 Å². The number of likely N-dealkylation sites (tertiary alicyclic amines) is 1. The Kier molecular flexibility index (Phi) is 7.21. The van der Waals surface area contributed by atoms with E-state index in [2.05, 4.69) is 15.5 Å². The molecule has 3 rings (SSSR count). The van der Waals surface area contributed by atoms with Crippen LogP contribution in [0, 0.1) is 0 Å². The number of methoxy groups -OCH3 is 2. The summed E-state index contributed by atoms with van der Waals surface area (Å²) in [6.07, 6.45) is 1.70. The molecule has 1 saturated heterocycles. The van der Waals surface area contributed by atoms with Gasteiger partial charge in [-0.05, 0) is 30.5 Å². The fraction of sp³-hybridized carbons (Fsp3) is 0.526. The molecule has 1 aromatic carbocycles. The van der Waals surface area contributed by atoms with Crippen molar-refractivity contribution >= 4 is 6.03 Å². The van der Waals surface area contributed by atoms with Crippen LogP contribution < -0.4 is 10.1 Å². The van der Waals surface area contributed by atoms with Crippen LogP contribution in [0.1, 0.15) is 36.2 Å². The molecule has 1 atom stereocenters. The van der Waals surface area contributed by atoms with Gasteiger partial charge >= 0.3 is 6.03 Å². The first kappa shape index (κ1) is 20.1. The molecule has 1 aromatic heterocycles. The molecule has 0 spiro atoms. The number of carbonyl (C=O) groups is 1. The molecule has 2 aromatic rings. The van der Waals surface area contributed by atoms with Crippen LogP contribution in [0.5, 0.6) is 5.75 Å². The van der Waals surface area contributed by atoms with Gasteiger partial charge in [-0.1, -0.05) is 17.3 Å². The molecular weight excluding hydrogens is 364 g/mol. The smallest absolute Gasteiger partial charge is 0.318 e. The molecule has 2 amide bonds. The van der Waals surface area contributed by atoms with Crippen molar-refractivity contribution in [3.63, 3.8) is 0 Å². The summed E-state index contributed by atoms with van der Waals surface area (Å²) in [5.41, 5.74) is 1.000. The fourth-order valence-corrected chi connectivity index (χ4v) is 3.06. The van der Waals surface area contributed by atoms with Crippen LogP contribution in [-0.2, 0) is 22.6 Å². The normalized spacial score (nSPS) is 16.4. The van der Waals surface area contributed by atoms with Crippen molar-refractivity contribution in [2.24, 2.45) is 0 Å². The summed E-state index contributed by atoms with van der Waals surface area (Å²) in [6, 6.07) is 7.27. The van der Waals surface area contributed by atoms with Gasteiger partial charge in [-0.25, -0.2) is 4.79 Å². The number of aromatic nitrogens is 2. The van der Waals surface area contributed by atoms with Gasteiger partial charge < -0.3 is 29.0 Å². The van der Waals surface area contributed by atoms with Gasteiger partial charge in [0.2, 0.25) is 0 Å². The van der Waals surface area contributed by atoms with E-state index in [1.807, 2.05) is 24.3 Å². The van der Waals surface area contributed by atoms with Crippen molar-refractivity contribution in [3.8, 4) is 5.75 Å². The number of hydrogen-bond donors (Lipinski definition) is 1. The van der Waals surface area contributed by atoms with Gasteiger partial charge in [0.05, 0.1) is 26.4 Å². The molecule has 1 fully saturated rings. The van der Waals surface area contributed by atoms with Crippen LogP contribution in [0.25, 0.3) is 0 Å². The molecule has 1 aliphatic rings. The highest BCUT2D eigenvalue weighted by atomic mass is 16.5. The third kappa shape index (κ3) is 5.20. The minimum absolute atomic E-state index is 0.138. The van der Waals surface area contributed by atoms with Gasteiger partial charge in [-0.2, -0.15) is 4.98 Å². The second-order valence-electron chi connectivity index (χ2n) is 6.45. The van der Waals surface area contributed by atoms with Gasteiger partial charge in [0, 0.05) is 20.2 Å². The summed E-state index contributed by atoms with van der Waals surface area (Å²) in [6.45, 7) is 2.29. The highest BCUT2D eigenvalue weighted by Gasteiger charge is 2.33. The zero-order chi connectivity index (χ0) is 19.8. The monoisotopic (exact) mass is 390 g/mol. The molecular formula is C19H26N4O5. The molecule has 0 bridgehead atoms. The van der Waals surface area contributed by atoms with E-state index in [1.54, 1.807) is 19.1 Å². The van der Waals surface area contributed by atoms with Crippen LogP contribution in [-0.4, -0.2) is 55.0 Å². The number of nitrogens with zero attached hydrogens (tertiary/aromatic N) is 3. The van der Waals surface area contributed by atoms with E-state index in [4.69, 9.17) is 18.7 Å². The highest BCUT2D eigenvalue weighted by molar-refractivity contribution is 5.75. The zero-order valence-electron chi connectivity index (χ0n) is 16.2. The van der Waals surface area contributed by atoms with E-state index in [9.17, 15) is 4.79 Å². The number of ether oxygens (including phenoxy) is 3. The molecule has 0 aliphatic carbocycles. The highest BCUT2D eigenvalue weighted by Crippen LogP contribution is 2.30. The van der Waals surface area contributed by atoms with Crippen LogP contribution in [0.2, 0.25) is 0 Å². The third-order valence-electron chi connectivity index (χ3n) is 4.56. The Hall–Kier alpha value is -2.65. The summed E-state index contributed by atoms with van der Waals surface area (Å²) < 4.78 is 20.7. The number of rotatable bonds is 9. The predicted molar refractivity (Wildman–Crippen MR) is 99.7 cm³/mol. The summed E-state index contributed by atoms with van der Waals surface area (Å²) in [7, 11) is 3.24. The van der Waals surface area contributed by atoms with E-state index < -0.39 is 0 Å². The number of benzene rings is 1. The van der Waals surface area contributed by atoms with Gasteiger partial charge in [-0.15, -0.1) is 0 Å². The van der Waals surface area contributed by atoms with Crippen molar-refractivity contribution in [2.45, 2.75) is 32.0 Å². The number of amides is 2. The second-order valence-corrected chi connectivity index (χ2v) is 6.45. The maximum absolute atomic E-state index is 12.6. The largest absolute Gasteiger partial charge is 0.497 e. The van der Waals surface area contributed by atoms with Crippen LogP contribution in [0.15, 0.2) is 28.8 Å². The molecule has 9 nitrogen and oxygen atoms in total. The van der Waals surface area contributed by atoms with Gasteiger partial charge in [0.15, 0.2) is 5.82 Å². The molecule has 2 heterocycles. The van der Waals surface area contributed by atoms with Gasteiger partial charge in [0.1, 0.15) is 12.4 Å². The summed E-state index contributed by atoms with van der Waals surface area (Å²) in [5.74, 6) is 1.70. The van der Waals surface area contributed by atoms with Gasteiger partial charge in [-0.3, -0.25) is 0 Å². The summed E-state index contributed by atoms with van der Waals surface area (Å²) in [5, 5.41) is 6.99. The Morgan fingerprint density at radius 1 is 1.29 bits per heavy atom. The second kappa shape index (κ2) is 10.0. The average molecular weight is 390 g/mol. The van der Waals surface area contributed by atoms with E-state index in [0.717, 1.165) is 24.2 Å². The number of carbonyl (C=O) groups excluding carboxylic acids is 1. The minimum Gasteiger partial charge on any atom is -0.497 e. The lowest BCUT2D eigenvalue weighted by Gasteiger charge is -2.22. The lowest BCUT2D eigenvalue weighted by molar-refractivity contribution is 0.0494. The predicted octanol–water partition coefficient (Wildman–Crippen LogP) is 2.29. The van der Waals surface area contributed by atoms with Crippen molar-refractivity contribution in [2.75, 3.05) is 34.0 Å². The Bertz CT molecular complexity index is 749. The maximum atomic E-state index is 12.6. The standard InChI is InChI=1S/C19H26N4O5/c1-25-10-11-27-13-17-21-18(22-28-17)16-4-3-9-23(16)19(24)20-12-14-5-7-15(26-2)8-6-14/h5-8,16H,3-4,9-13H2,1-2H3,(H,20,24). The van der Waals surface area contributed by atoms with E-state index in [-0.39, 0.29) is 18.7 Å². The molecule has 1 unspecified atom stereocenters. The Labute approximate surface area is 163 Å². The minimum atomic E-state index is -0.188. The lowest BCUT2D eigenvalue weighted by atomic mass is 10.2. The Morgan fingerprint density at radius 2 is 2.11 bits per heavy atom. The topological polar surface area (TPSA) is 99.0 Å². The van der Waals surface area contributed by atoms with E-state index >= 15 is 0 Å². The molecule has 1 N–H and O–H groups in total. The zero-order valence-corrected chi connectivity index (χ0v) is 16.2. The van der Waals surface area contributed by atoms with Crippen molar-refractivity contribution in [1.29, 1.82) is 0 Å².